The van der Waals surface area contributed by atoms with Gasteiger partial charge in [0.25, 0.3) is 0 Å². The van der Waals surface area contributed by atoms with Gasteiger partial charge in [0.2, 0.25) is 5.91 Å². The summed E-state index contributed by atoms with van der Waals surface area (Å²) in [7, 11) is 0. The van der Waals surface area contributed by atoms with Crippen LogP contribution in [-0.4, -0.2) is 86.0 Å². The number of nitrogen functional groups attached to an aromatic ring is 1. The largest absolute Gasteiger partial charge is 0.486 e. The van der Waals surface area contributed by atoms with Gasteiger partial charge < -0.3 is 40.3 Å². The van der Waals surface area contributed by atoms with Gasteiger partial charge >= 0.3 is 0 Å². The number of nitrogens with two attached hydrogens (primary N) is 1. The summed E-state index contributed by atoms with van der Waals surface area (Å²) >= 11 is 0. The van der Waals surface area contributed by atoms with Gasteiger partial charge in [0, 0.05) is 50.6 Å². The van der Waals surface area contributed by atoms with Gasteiger partial charge in [0.05, 0.1) is 29.8 Å². The molecule has 0 saturated carbocycles. The molecule has 0 spiro atoms. The molecule has 36 heavy (non-hydrogen) atoms. The summed E-state index contributed by atoms with van der Waals surface area (Å²) in [4.78, 5) is 23.8. The fraction of sp³-hybridized carbons (Fsp3) is 0.538. The Hall–Kier alpha value is -3.08. The standard InChI is InChI=1S/C26H36N6O4/c27-19-2-3-22-23(14-19)32(26(34)18-31(22)6-1-11-33)10-9-30-7-4-20(5-8-30)28-16-21-15-24-25(17-29-21)36-13-12-35-24/h2-3,14-15,17,20,28,33H,1,4-13,16,18,27H2. The number of pyridine rings is 1. The zero-order valence-corrected chi connectivity index (χ0v) is 20.7. The number of nitrogens with one attached hydrogen (secondary N) is 1. The predicted octanol–water partition coefficient (Wildman–Crippen LogP) is 1.22. The summed E-state index contributed by atoms with van der Waals surface area (Å²) in [6.45, 7) is 6.38. The molecule has 10 heteroatoms. The molecule has 1 amide bonds. The number of carbonyl (C=O) groups excluding carboxylic acids is 1. The molecule has 5 rings (SSSR count). The maximum atomic E-state index is 13.0. The predicted molar refractivity (Wildman–Crippen MR) is 139 cm³/mol. The summed E-state index contributed by atoms with van der Waals surface area (Å²) in [5.41, 5.74) is 9.54. The molecule has 4 N–H and O–H groups in total. The summed E-state index contributed by atoms with van der Waals surface area (Å²) < 4.78 is 11.2. The summed E-state index contributed by atoms with van der Waals surface area (Å²) in [5, 5.41) is 12.9. The van der Waals surface area contributed by atoms with Gasteiger partial charge in [-0.05, 0) is 50.6 Å². The zero-order valence-electron chi connectivity index (χ0n) is 20.7. The van der Waals surface area contributed by atoms with Crippen LogP contribution < -0.4 is 30.3 Å². The van der Waals surface area contributed by atoms with Crippen LogP contribution in [0.3, 0.4) is 0 Å². The number of benzene rings is 1. The van der Waals surface area contributed by atoms with Crippen molar-refractivity contribution < 1.29 is 19.4 Å². The Morgan fingerprint density at radius 3 is 2.67 bits per heavy atom. The Balaban J connectivity index is 1.11. The molecule has 0 atom stereocenters. The second kappa shape index (κ2) is 11.3. The fourth-order valence-corrected chi connectivity index (χ4v) is 5.14. The van der Waals surface area contributed by atoms with Gasteiger partial charge in [-0.1, -0.05) is 0 Å². The third-order valence-electron chi connectivity index (χ3n) is 7.13. The lowest BCUT2D eigenvalue weighted by Crippen LogP contribution is -2.50. The van der Waals surface area contributed by atoms with E-state index in [0.29, 0.717) is 63.3 Å². The lowest BCUT2D eigenvalue weighted by Gasteiger charge is -2.39. The molecule has 10 nitrogen and oxygen atoms in total. The number of hydrogen-bond acceptors (Lipinski definition) is 9. The van der Waals surface area contributed by atoms with E-state index < -0.39 is 0 Å². The van der Waals surface area contributed by atoms with E-state index >= 15 is 0 Å². The van der Waals surface area contributed by atoms with E-state index in [2.05, 4.69) is 15.2 Å². The zero-order chi connectivity index (χ0) is 24.9. The number of likely N-dealkylation sites (tertiary alicyclic amines) is 1. The number of nitrogens with zero attached hydrogens (tertiary/aromatic N) is 4. The van der Waals surface area contributed by atoms with E-state index in [0.717, 1.165) is 55.3 Å². The van der Waals surface area contributed by atoms with E-state index in [1.54, 1.807) is 6.20 Å². The smallest absolute Gasteiger partial charge is 0.246 e. The summed E-state index contributed by atoms with van der Waals surface area (Å²) in [5.74, 6) is 1.57. The molecule has 0 radical (unpaired) electrons. The Morgan fingerprint density at radius 1 is 1.06 bits per heavy atom. The highest BCUT2D eigenvalue weighted by molar-refractivity contribution is 6.03. The second-order valence-electron chi connectivity index (χ2n) is 9.61. The Labute approximate surface area is 212 Å². The van der Waals surface area contributed by atoms with Crippen LogP contribution in [0.4, 0.5) is 17.1 Å². The molecular formula is C26H36N6O4. The van der Waals surface area contributed by atoms with Crippen molar-refractivity contribution in [2.75, 3.05) is 74.6 Å². The van der Waals surface area contributed by atoms with Crippen LogP contribution in [0, 0.1) is 0 Å². The number of rotatable bonds is 9. The lowest BCUT2D eigenvalue weighted by molar-refractivity contribution is -0.117. The molecule has 1 aromatic heterocycles. The summed E-state index contributed by atoms with van der Waals surface area (Å²) in [6.07, 6.45) is 4.48. The van der Waals surface area contributed by atoms with Crippen molar-refractivity contribution in [1.29, 1.82) is 0 Å². The first kappa shape index (κ1) is 24.6. The first-order chi connectivity index (χ1) is 17.6. The van der Waals surface area contributed by atoms with Crippen molar-refractivity contribution in [3.63, 3.8) is 0 Å². The molecule has 1 saturated heterocycles. The van der Waals surface area contributed by atoms with E-state index in [9.17, 15) is 9.90 Å². The number of aliphatic hydroxyl groups is 1. The van der Waals surface area contributed by atoms with Gasteiger partial charge in [-0.25, -0.2) is 0 Å². The van der Waals surface area contributed by atoms with Gasteiger partial charge in [0.15, 0.2) is 11.5 Å². The van der Waals surface area contributed by atoms with Crippen LogP contribution in [0.2, 0.25) is 0 Å². The SMILES string of the molecule is Nc1ccc2c(c1)N(CCN1CCC(NCc3cc4c(cn3)OCCO4)CC1)C(=O)CN2CCCO. The first-order valence-corrected chi connectivity index (χ1v) is 12.9. The molecular weight excluding hydrogens is 460 g/mol. The van der Waals surface area contributed by atoms with Gasteiger partial charge in [-0.2, -0.15) is 0 Å². The molecule has 3 aliphatic rings. The highest BCUT2D eigenvalue weighted by Crippen LogP contribution is 2.35. The summed E-state index contributed by atoms with van der Waals surface area (Å²) in [6, 6.07) is 8.14. The molecule has 1 fully saturated rings. The van der Waals surface area contributed by atoms with Crippen LogP contribution in [0.5, 0.6) is 11.5 Å². The van der Waals surface area contributed by atoms with E-state index in [-0.39, 0.29) is 12.5 Å². The van der Waals surface area contributed by atoms with Gasteiger partial charge in [-0.3, -0.25) is 9.78 Å². The monoisotopic (exact) mass is 496 g/mol. The Bertz CT molecular complexity index is 1060. The maximum absolute atomic E-state index is 13.0. The van der Waals surface area contributed by atoms with Crippen molar-refractivity contribution >= 4 is 23.0 Å². The maximum Gasteiger partial charge on any atom is 0.246 e. The van der Waals surface area contributed by atoms with E-state index in [1.807, 2.05) is 34.1 Å². The Morgan fingerprint density at radius 2 is 1.86 bits per heavy atom. The van der Waals surface area contributed by atoms with Crippen molar-refractivity contribution in [3.8, 4) is 11.5 Å². The molecule has 1 aromatic carbocycles. The molecule has 0 aliphatic carbocycles. The molecule has 3 aliphatic heterocycles. The number of fused-ring (bicyclic) bond motifs is 2. The van der Waals surface area contributed by atoms with Crippen molar-refractivity contribution in [2.24, 2.45) is 0 Å². The average molecular weight is 497 g/mol. The number of carbonyl (C=O) groups is 1. The number of aromatic nitrogens is 1. The quantitative estimate of drug-likeness (QED) is 0.441. The number of anilines is 3. The minimum Gasteiger partial charge on any atom is -0.486 e. The second-order valence-corrected chi connectivity index (χ2v) is 9.61. The number of ether oxygens (including phenoxy) is 2. The van der Waals surface area contributed by atoms with Gasteiger partial charge in [0.1, 0.15) is 13.2 Å². The highest BCUT2D eigenvalue weighted by Gasteiger charge is 2.30. The third kappa shape index (κ3) is 5.66. The molecule has 0 unspecified atom stereocenters. The highest BCUT2D eigenvalue weighted by atomic mass is 16.6. The van der Waals surface area contributed by atoms with Crippen molar-refractivity contribution in [1.82, 2.24) is 15.2 Å². The topological polar surface area (TPSA) is 116 Å². The van der Waals surface area contributed by atoms with Crippen LogP contribution in [0.15, 0.2) is 30.5 Å². The van der Waals surface area contributed by atoms with E-state index in [4.69, 9.17) is 15.2 Å². The minimum absolute atomic E-state index is 0.0783. The molecule has 194 valence electrons. The number of piperidine rings is 1. The molecule has 2 aromatic rings. The minimum atomic E-state index is 0.0783. The number of amides is 1. The third-order valence-corrected chi connectivity index (χ3v) is 7.13. The fourth-order valence-electron chi connectivity index (χ4n) is 5.14. The average Bonchev–Trinajstić information content (AvgIpc) is 2.90. The normalized spacial score (nSPS) is 18.4. The van der Waals surface area contributed by atoms with Crippen molar-refractivity contribution in [2.45, 2.75) is 31.8 Å². The van der Waals surface area contributed by atoms with Gasteiger partial charge in [-0.15, -0.1) is 0 Å². The van der Waals surface area contributed by atoms with Crippen LogP contribution >= 0.6 is 0 Å². The van der Waals surface area contributed by atoms with Crippen molar-refractivity contribution in [3.05, 3.63) is 36.2 Å². The molecule has 4 heterocycles. The van der Waals surface area contributed by atoms with Crippen LogP contribution in [-0.2, 0) is 11.3 Å². The molecule has 0 bridgehead atoms. The number of hydrogen-bond donors (Lipinski definition) is 3. The van der Waals surface area contributed by atoms with E-state index in [1.165, 1.54) is 0 Å². The lowest BCUT2D eigenvalue weighted by atomic mass is 10.0. The Kier molecular flexibility index (Phi) is 7.74. The first-order valence-electron chi connectivity index (χ1n) is 12.9. The van der Waals surface area contributed by atoms with Crippen LogP contribution in [0.25, 0.3) is 0 Å². The number of aliphatic hydroxyl groups excluding tert-OH is 1. The van der Waals surface area contributed by atoms with Crippen LogP contribution in [0.1, 0.15) is 25.0 Å².